The number of rotatable bonds is 11. The third-order valence-electron chi connectivity index (χ3n) is 6.28. The SMILES string of the molecule is CCCCN(C(=O)C(CC(N)=O)NC(=O)OC(C)(C)C)C(C(=O)Nc1c(C)cccc1C)c1cc(C)cc(C)c1. The van der Waals surface area contributed by atoms with E-state index in [0.717, 1.165) is 28.7 Å². The van der Waals surface area contributed by atoms with Crippen LogP contribution >= 0.6 is 0 Å². The number of para-hydroxylation sites is 1. The maximum atomic E-state index is 14.1. The van der Waals surface area contributed by atoms with Crippen molar-refractivity contribution in [1.82, 2.24) is 10.2 Å². The van der Waals surface area contributed by atoms with Crippen molar-refractivity contribution in [3.8, 4) is 0 Å². The molecule has 2 atom stereocenters. The number of carbonyl (C=O) groups excluding carboxylic acids is 4. The average molecular weight is 553 g/mol. The van der Waals surface area contributed by atoms with Crippen LogP contribution < -0.4 is 16.4 Å². The molecule has 218 valence electrons. The van der Waals surface area contributed by atoms with Crippen LogP contribution in [0.2, 0.25) is 0 Å². The molecule has 0 aromatic heterocycles. The van der Waals surface area contributed by atoms with Crippen LogP contribution in [0.4, 0.5) is 10.5 Å². The van der Waals surface area contributed by atoms with Crippen molar-refractivity contribution >= 4 is 29.5 Å². The molecule has 0 aliphatic rings. The number of benzene rings is 2. The fourth-order valence-electron chi connectivity index (χ4n) is 4.59. The quantitative estimate of drug-likeness (QED) is 0.361. The summed E-state index contributed by atoms with van der Waals surface area (Å²) >= 11 is 0. The number of aryl methyl sites for hydroxylation is 4. The lowest BCUT2D eigenvalue weighted by Gasteiger charge is -2.35. The lowest BCUT2D eigenvalue weighted by Crippen LogP contribution is -2.53. The van der Waals surface area contributed by atoms with E-state index in [4.69, 9.17) is 10.5 Å². The van der Waals surface area contributed by atoms with Crippen LogP contribution in [-0.2, 0) is 19.1 Å². The predicted octanol–water partition coefficient (Wildman–Crippen LogP) is 5.00. The standard InChI is InChI=1S/C31H44N4O5/c1-9-10-14-35(29(38)24(18-25(32)36)33-30(39)40-31(6,7)8)27(23-16-19(2)15-20(3)17-23)28(37)34-26-21(4)12-11-13-22(26)5/h11-13,15-17,24,27H,9-10,14,18H2,1-8H3,(H2,32,36)(H,33,39)(H,34,37). The molecule has 2 rings (SSSR count). The Balaban J connectivity index is 2.63. The number of hydrogen-bond acceptors (Lipinski definition) is 5. The number of alkyl carbamates (subject to hydrolysis) is 1. The number of amides is 4. The Kier molecular flexibility index (Phi) is 11.3. The number of primary amides is 1. The fourth-order valence-corrected chi connectivity index (χ4v) is 4.59. The normalized spacial score (nSPS) is 12.7. The van der Waals surface area contributed by atoms with Crippen LogP contribution in [0.25, 0.3) is 0 Å². The maximum absolute atomic E-state index is 14.1. The van der Waals surface area contributed by atoms with Gasteiger partial charge in [0.05, 0.1) is 6.42 Å². The molecule has 2 aromatic rings. The third-order valence-corrected chi connectivity index (χ3v) is 6.28. The number of nitrogens with two attached hydrogens (primary N) is 1. The Labute approximate surface area is 237 Å². The van der Waals surface area contributed by atoms with Gasteiger partial charge in [0.25, 0.3) is 5.91 Å². The summed E-state index contributed by atoms with van der Waals surface area (Å²) in [4.78, 5) is 54.3. The smallest absolute Gasteiger partial charge is 0.408 e. The van der Waals surface area contributed by atoms with E-state index in [1.165, 1.54) is 4.90 Å². The Morgan fingerprint density at radius 1 is 0.975 bits per heavy atom. The zero-order chi connectivity index (χ0) is 30.2. The van der Waals surface area contributed by atoms with Crippen LogP contribution in [0, 0.1) is 27.7 Å². The van der Waals surface area contributed by atoms with Crippen molar-refractivity contribution in [3.63, 3.8) is 0 Å². The first-order chi connectivity index (χ1) is 18.6. The molecular formula is C31H44N4O5. The van der Waals surface area contributed by atoms with Gasteiger partial charge >= 0.3 is 6.09 Å². The second kappa shape index (κ2) is 14.0. The average Bonchev–Trinajstić information content (AvgIpc) is 2.81. The van der Waals surface area contributed by atoms with Crippen molar-refractivity contribution in [3.05, 3.63) is 64.2 Å². The maximum Gasteiger partial charge on any atom is 0.408 e. The molecule has 9 nitrogen and oxygen atoms in total. The second-order valence-electron chi connectivity index (χ2n) is 11.3. The fraction of sp³-hybridized carbons (Fsp3) is 0.484. The van der Waals surface area contributed by atoms with Crippen molar-refractivity contribution < 1.29 is 23.9 Å². The minimum atomic E-state index is -1.31. The van der Waals surface area contributed by atoms with Crippen LogP contribution in [-0.4, -0.2) is 46.9 Å². The summed E-state index contributed by atoms with van der Waals surface area (Å²) in [5, 5.41) is 5.56. The number of ether oxygens (including phenoxy) is 1. The van der Waals surface area contributed by atoms with Crippen molar-refractivity contribution in [2.45, 2.75) is 92.3 Å². The molecule has 0 saturated carbocycles. The number of carbonyl (C=O) groups is 4. The zero-order valence-electron chi connectivity index (χ0n) is 25.0. The molecule has 9 heteroatoms. The minimum Gasteiger partial charge on any atom is -0.444 e. The molecule has 0 aliphatic carbocycles. The number of hydrogen-bond donors (Lipinski definition) is 3. The largest absolute Gasteiger partial charge is 0.444 e. The molecule has 0 saturated heterocycles. The lowest BCUT2D eigenvalue weighted by atomic mass is 9.97. The first-order valence-electron chi connectivity index (χ1n) is 13.7. The highest BCUT2D eigenvalue weighted by molar-refractivity contribution is 6.00. The monoisotopic (exact) mass is 552 g/mol. The summed E-state index contributed by atoms with van der Waals surface area (Å²) < 4.78 is 5.34. The summed E-state index contributed by atoms with van der Waals surface area (Å²) in [6.45, 7) is 14.9. The molecule has 40 heavy (non-hydrogen) atoms. The van der Waals surface area contributed by atoms with Gasteiger partial charge in [0.15, 0.2) is 0 Å². The van der Waals surface area contributed by atoms with Gasteiger partial charge in [0.2, 0.25) is 11.8 Å². The molecule has 2 unspecified atom stereocenters. The lowest BCUT2D eigenvalue weighted by molar-refractivity contribution is -0.142. The van der Waals surface area contributed by atoms with E-state index >= 15 is 0 Å². The van der Waals surface area contributed by atoms with Gasteiger partial charge in [-0.25, -0.2) is 4.79 Å². The first-order valence-corrected chi connectivity index (χ1v) is 13.7. The van der Waals surface area contributed by atoms with Gasteiger partial charge in [-0.3, -0.25) is 14.4 Å². The number of unbranched alkanes of at least 4 members (excludes halogenated alkanes) is 1. The van der Waals surface area contributed by atoms with Gasteiger partial charge in [-0.05, 0) is 71.6 Å². The van der Waals surface area contributed by atoms with Gasteiger partial charge in [-0.1, -0.05) is 60.9 Å². The Bertz CT molecular complexity index is 1190. The van der Waals surface area contributed by atoms with Gasteiger partial charge in [0.1, 0.15) is 17.7 Å². The van der Waals surface area contributed by atoms with E-state index in [1.54, 1.807) is 20.8 Å². The van der Waals surface area contributed by atoms with Gasteiger partial charge in [-0.2, -0.15) is 0 Å². The summed E-state index contributed by atoms with van der Waals surface area (Å²) in [5.41, 5.74) is 9.59. The van der Waals surface area contributed by atoms with Gasteiger partial charge < -0.3 is 26.0 Å². The molecule has 4 N–H and O–H groups in total. The Hall–Kier alpha value is -3.88. The first kappa shape index (κ1) is 32.3. The van der Waals surface area contributed by atoms with E-state index in [2.05, 4.69) is 10.6 Å². The van der Waals surface area contributed by atoms with Crippen LogP contribution in [0.1, 0.15) is 80.8 Å². The molecule has 0 fully saturated rings. The topological polar surface area (TPSA) is 131 Å². The van der Waals surface area contributed by atoms with Crippen LogP contribution in [0.5, 0.6) is 0 Å². The summed E-state index contributed by atoms with van der Waals surface area (Å²) in [6.07, 6.45) is 0.0468. The van der Waals surface area contributed by atoms with Gasteiger partial charge in [-0.15, -0.1) is 0 Å². The van der Waals surface area contributed by atoms with E-state index in [-0.39, 0.29) is 6.54 Å². The summed E-state index contributed by atoms with van der Waals surface area (Å²) in [7, 11) is 0. The summed E-state index contributed by atoms with van der Waals surface area (Å²) in [5.74, 6) is -1.77. The summed E-state index contributed by atoms with van der Waals surface area (Å²) in [6, 6.07) is 9.11. The third kappa shape index (κ3) is 9.39. The van der Waals surface area contributed by atoms with E-state index < -0.39 is 47.9 Å². The predicted molar refractivity (Wildman–Crippen MR) is 157 cm³/mol. The molecule has 4 amide bonds. The van der Waals surface area contributed by atoms with Crippen molar-refractivity contribution in [2.24, 2.45) is 5.73 Å². The molecule has 0 spiro atoms. The number of nitrogens with zero attached hydrogens (tertiary/aromatic N) is 1. The molecular weight excluding hydrogens is 508 g/mol. The highest BCUT2D eigenvalue weighted by Crippen LogP contribution is 2.29. The van der Waals surface area contributed by atoms with Crippen molar-refractivity contribution in [2.75, 3.05) is 11.9 Å². The Morgan fingerprint density at radius 3 is 2.05 bits per heavy atom. The van der Waals surface area contributed by atoms with Crippen LogP contribution in [0.15, 0.2) is 36.4 Å². The highest BCUT2D eigenvalue weighted by atomic mass is 16.6. The Morgan fingerprint density at radius 2 is 1.55 bits per heavy atom. The molecule has 0 aliphatic heterocycles. The molecule has 0 radical (unpaired) electrons. The highest BCUT2D eigenvalue weighted by Gasteiger charge is 2.37. The van der Waals surface area contributed by atoms with Crippen LogP contribution in [0.3, 0.4) is 0 Å². The molecule has 0 heterocycles. The van der Waals surface area contributed by atoms with E-state index in [9.17, 15) is 19.2 Å². The zero-order valence-corrected chi connectivity index (χ0v) is 25.0. The van der Waals surface area contributed by atoms with Gasteiger partial charge in [0, 0.05) is 12.2 Å². The number of anilines is 1. The van der Waals surface area contributed by atoms with E-state index in [0.29, 0.717) is 17.7 Å². The van der Waals surface area contributed by atoms with E-state index in [1.807, 2.05) is 71.0 Å². The second-order valence-corrected chi connectivity index (χ2v) is 11.3. The molecule has 2 aromatic carbocycles. The van der Waals surface area contributed by atoms with Crippen molar-refractivity contribution in [1.29, 1.82) is 0 Å². The molecule has 0 bridgehead atoms. The number of nitrogens with one attached hydrogen (secondary N) is 2. The minimum absolute atomic E-state index is 0.221.